The molecule has 1 atom stereocenters. The van der Waals surface area contributed by atoms with Crippen molar-refractivity contribution in [2.24, 2.45) is 11.7 Å². The number of nitrogens with two attached hydrogens (primary N) is 1. The highest BCUT2D eigenvalue weighted by molar-refractivity contribution is 5.41. The maximum Gasteiger partial charge on any atom is 0.126 e. The highest BCUT2D eigenvalue weighted by atomic mass is 16.5. The van der Waals surface area contributed by atoms with Crippen molar-refractivity contribution in [3.63, 3.8) is 0 Å². The number of methoxy groups -OCH3 is 2. The first-order valence-electron chi connectivity index (χ1n) is 5.68. The number of benzene rings is 1. The van der Waals surface area contributed by atoms with Gasteiger partial charge in [-0.2, -0.15) is 0 Å². The van der Waals surface area contributed by atoms with Crippen LogP contribution in [0.25, 0.3) is 0 Å². The van der Waals surface area contributed by atoms with Crippen LogP contribution < -0.4 is 19.9 Å². The third-order valence-electron chi connectivity index (χ3n) is 2.62. The molecule has 1 rings (SSSR count). The predicted molar refractivity (Wildman–Crippen MR) is 67.9 cm³/mol. The van der Waals surface area contributed by atoms with Crippen LogP contribution in [0.15, 0.2) is 18.2 Å². The fourth-order valence-corrected chi connectivity index (χ4v) is 1.25. The maximum absolute atomic E-state index is 5.92. The molecule has 1 aromatic carbocycles. The largest absolute Gasteiger partial charge is 0.496 e. The van der Waals surface area contributed by atoms with E-state index in [4.69, 9.17) is 19.9 Å². The quantitative estimate of drug-likeness (QED) is 0.825. The Balaban J connectivity index is 2.70. The Bertz CT molecular complexity index is 330. The molecule has 0 aliphatic rings. The summed E-state index contributed by atoms with van der Waals surface area (Å²) in [6.07, 6.45) is 0. The summed E-state index contributed by atoms with van der Waals surface area (Å²) in [6, 6.07) is 5.45. The molecule has 4 heteroatoms. The minimum Gasteiger partial charge on any atom is -0.496 e. The van der Waals surface area contributed by atoms with Gasteiger partial charge in [0.2, 0.25) is 0 Å². The summed E-state index contributed by atoms with van der Waals surface area (Å²) in [5.41, 5.74) is 5.92. The van der Waals surface area contributed by atoms with Crippen molar-refractivity contribution in [2.75, 3.05) is 20.8 Å². The van der Waals surface area contributed by atoms with Crippen molar-refractivity contribution >= 4 is 0 Å². The predicted octanol–water partition coefficient (Wildman–Crippen LogP) is 2.07. The second-order valence-electron chi connectivity index (χ2n) is 4.27. The van der Waals surface area contributed by atoms with E-state index in [2.05, 4.69) is 13.8 Å². The van der Waals surface area contributed by atoms with E-state index < -0.39 is 0 Å². The molecule has 4 nitrogen and oxygen atoms in total. The first-order chi connectivity index (χ1) is 8.06. The van der Waals surface area contributed by atoms with Crippen LogP contribution in [0.3, 0.4) is 0 Å². The Kier molecular flexibility index (Phi) is 5.10. The molecule has 96 valence electrons. The lowest BCUT2D eigenvalue weighted by Gasteiger charge is -2.17. The van der Waals surface area contributed by atoms with Gasteiger partial charge in [-0.25, -0.2) is 0 Å². The van der Waals surface area contributed by atoms with Crippen molar-refractivity contribution in [3.8, 4) is 17.2 Å². The van der Waals surface area contributed by atoms with Gasteiger partial charge in [-0.15, -0.1) is 0 Å². The highest BCUT2D eigenvalue weighted by Crippen LogP contribution is 2.27. The molecule has 0 saturated carbocycles. The van der Waals surface area contributed by atoms with Crippen molar-refractivity contribution in [2.45, 2.75) is 19.9 Å². The summed E-state index contributed by atoms with van der Waals surface area (Å²) in [5.74, 6) is 2.51. The molecule has 0 aliphatic carbocycles. The number of rotatable bonds is 6. The zero-order valence-corrected chi connectivity index (χ0v) is 10.9. The Morgan fingerprint density at radius 2 is 1.47 bits per heavy atom. The molecular weight excluding hydrogens is 218 g/mol. The SMILES string of the molecule is COc1cc(OC)cc(OC[C@@H](N)C(C)C)c1. The van der Waals surface area contributed by atoms with Gasteiger partial charge in [0.15, 0.2) is 0 Å². The zero-order chi connectivity index (χ0) is 12.8. The fraction of sp³-hybridized carbons (Fsp3) is 0.538. The number of ether oxygens (including phenoxy) is 3. The van der Waals surface area contributed by atoms with Crippen LogP contribution in [-0.4, -0.2) is 26.9 Å². The Morgan fingerprint density at radius 1 is 1.00 bits per heavy atom. The fourth-order valence-electron chi connectivity index (χ4n) is 1.25. The molecule has 0 aliphatic heterocycles. The minimum absolute atomic E-state index is 0.0206. The smallest absolute Gasteiger partial charge is 0.126 e. The average Bonchev–Trinajstić information content (AvgIpc) is 2.35. The van der Waals surface area contributed by atoms with Gasteiger partial charge in [0.1, 0.15) is 23.9 Å². The van der Waals surface area contributed by atoms with E-state index in [1.807, 2.05) is 12.1 Å². The van der Waals surface area contributed by atoms with Gasteiger partial charge in [0, 0.05) is 24.2 Å². The van der Waals surface area contributed by atoms with Crippen LogP contribution in [0.5, 0.6) is 17.2 Å². The van der Waals surface area contributed by atoms with Crippen LogP contribution in [0.2, 0.25) is 0 Å². The summed E-state index contributed by atoms with van der Waals surface area (Å²) in [6.45, 7) is 4.62. The normalized spacial score (nSPS) is 12.4. The molecule has 0 amide bonds. The molecular formula is C13H21NO3. The first kappa shape index (κ1) is 13.6. The summed E-state index contributed by atoms with van der Waals surface area (Å²) in [5, 5.41) is 0. The van der Waals surface area contributed by atoms with Crippen LogP contribution in [0.1, 0.15) is 13.8 Å². The minimum atomic E-state index is 0.0206. The summed E-state index contributed by atoms with van der Waals surface area (Å²) >= 11 is 0. The molecule has 0 fully saturated rings. The van der Waals surface area contributed by atoms with E-state index in [1.165, 1.54) is 0 Å². The summed E-state index contributed by atoms with van der Waals surface area (Å²) < 4.78 is 15.9. The van der Waals surface area contributed by atoms with E-state index in [0.29, 0.717) is 29.8 Å². The topological polar surface area (TPSA) is 53.7 Å². The van der Waals surface area contributed by atoms with E-state index in [-0.39, 0.29) is 6.04 Å². The van der Waals surface area contributed by atoms with Gasteiger partial charge in [0.05, 0.1) is 14.2 Å². The van der Waals surface area contributed by atoms with E-state index in [1.54, 1.807) is 20.3 Å². The average molecular weight is 239 g/mol. The van der Waals surface area contributed by atoms with Gasteiger partial charge in [-0.1, -0.05) is 13.8 Å². The lowest BCUT2D eigenvalue weighted by Crippen LogP contribution is -2.32. The number of hydrogen-bond donors (Lipinski definition) is 1. The lowest BCUT2D eigenvalue weighted by molar-refractivity contribution is 0.257. The molecule has 17 heavy (non-hydrogen) atoms. The molecule has 0 heterocycles. The molecule has 0 saturated heterocycles. The molecule has 2 N–H and O–H groups in total. The van der Waals surface area contributed by atoms with Crippen molar-refractivity contribution in [1.82, 2.24) is 0 Å². The third kappa shape index (κ3) is 4.15. The Morgan fingerprint density at radius 3 is 1.88 bits per heavy atom. The molecule has 0 radical (unpaired) electrons. The van der Waals surface area contributed by atoms with Crippen LogP contribution >= 0.6 is 0 Å². The molecule has 0 spiro atoms. The third-order valence-corrected chi connectivity index (χ3v) is 2.62. The second kappa shape index (κ2) is 6.35. The molecule has 0 bridgehead atoms. The Labute approximate surface area is 103 Å². The zero-order valence-electron chi connectivity index (χ0n) is 10.9. The van der Waals surface area contributed by atoms with Gasteiger partial charge in [-0.05, 0) is 5.92 Å². The summed E-state index contributed by atoms with van der Waals surface area (Å²) in [4.78, 5) is 0. The van der Waals surface area contributed by atoms with Crippen molar-refractivity contribution < 1.29 is 14.2 Å². The van der Waals surface area contributed by atoms with Gasteiger partial charge in [-0.3, -0.25) is 0 Å². The van der Waals surface area contributed by atoms with E-state index in [9.17, 15) is 0 Å². The summed E-state index contributed by atoms with van der Waals surface area (Å²) in [7, 11) is 3.22. The van der Waals surface area contributed by atoms with Gasteiger partial charge in [0.25, 0.3) is 0 Å². The van der Waals surface area contributed by atoms with Crippen LogP contribution in [0, 0.1) is 5.92 Å². The molecule has 0 aromatic heterocycles. The monoisotopic (exact) mass is 239 g/mol. The van der Waals surface area contributed by atoms with Crippen LogP contribution in [0.4, 0.5) is 0 Å². The lowest BCUT2D eigenvalue weighted by atomic mass is 10.1. The molecule has 1 aromatic rings. The Hall–Kier alpha value is -1.42. The van der Waals surface area contributed by atoms with Gasteiger partial charge >= 0.3 is 0 Å². The maximum atomic E-state index is 5.92. The highest BCUT2D eigenvalue weighted by Gasteiger charge is 2.09. The van der Waals surface area contributed by atoms with E-state index >= 15 is 0 Å². The van der Waals surface area contributed by atoms with Crippen LogP contribution in [-0.2, 0) is 0 Å². The van der Waals surface area contributed by atoms with Gasteiger partial charge < -0.3 is 19.9 Å². The molecule has 0 unspecified atom stereocenters. The second-order valence-corrected chi connectivity index (χ2v) is 4.27. The van der Waals surface area contributed by atoms with Crippen molar-refractivity contribution in [3.05, 3.63) is 18.2 Å². The van der Waals surface area contributed by atoms with E-state index in [0.717, 1.165) is 0 Å². The first-order valence-corrected chi connectivity index (χ1v) is 5.68. The standard InChI is InChI=1S/C13H21NO3/c1-9(2)13(14)8-17-12-6-10(15-3)5-11(7-12)16-4/h5-7,9,13H,8,14H2,1-4H3/t13-/m1/s1. The van der Waals surface area contributed by atoms with Crippen molar-refractivity contribution in [1.29, 1.82) is 0 Å². The number of hydrogen-bond acceptors (Lipinski definition) is 4.